The van der Waals surface area contributed by atoms with E-state index in [0.29, 0.717) is 6.61 Å². The third-order valence-electron chi connectivity index (χ3n) is 4.35. The molecule has 140 valence electrons. The van der Waals surface area contributed by atoms with Crippen LogP contribution in [0.4, 0.5) is 4.39 Å². The van der Waals surface area contributed by atoms with E-state index in [4.69, 9.17) is 9.72 Å². The molecule has 2 nitrogen and oxygen atoms in total. The van der Waals surface area contributed by atoms with Crippen LogP contribution < -0.4 is 0 Å². The van der Waals surface area contributed by atoms with Crippen LogP contribution in [-0.4, -0.2) is 12.1 Å². The van der Waals surface area contributed by atoms with Crippen LogP contribution in [0.5, 0.6) is 0 Å². The summed E-state index contributed by atoms with van der Waals surface area (Å²) >= 11 is 0. The van der Waals surface area contributed by atoms with Crippen molar-refractivity contribution in [2.75, 3.05) is 7.11 Å². The summed E-state index contributed by atoms with van der Waals surface area (Å²) in [6.07, 6.45) is 2.18. The Labute approximate surface area is 157 Å². The van der Waals surface area contributed by atoms with E-state index in [1.54, 1.807) is 7.11 Å². The average molecular weight is 355 g/mol. The van der Waals surface area contributed by atoms with E-state index in [1.165, 1.54) is 17.7 Å². The molecule has 0 amide bonds. The molecular formula is C23H30FNO. The minimum Gasteiger partial charge on any atom is -0.380 e. The normalized spacial score (nSPS) is 11.3. The lowest BCUT2D eigenvalue weighted by molar-refractivity contribution is 0.184. The quantitative estimate of drug-likeness (QED) is 0.575. The number of benzene rings is 1. The van der Waals surface area contributed by atoms with Crippen molar-refractivity contribution in [3.05, 3.63) is 58.2 Å². The van der Waals surface area contributed by atoms with Crippen molar-refractivity contribution in [3.63, 3.8) is 0 Å². The maximum atomic E-state index is 13.5. The number of pyridine rings is 1. The molecule has 0 fully saturated rings. The Balaban J connectivity index is 2.97. The van der Waals surface area contributed by atoms with Gasteiger partial charge >= 0.3 is 0 Å². The van der Waals surface area contributed by atoms with Gasteiger partial charge in [0.1, 0.15) is 5.82 Å². The Bertz CT molecular complexity index is 785. The van der Waals surface area contributed by atoms with Gasteiger partial charge in [-0.15, -0.1) is 0 Å². The molecular weight excluding hydrogens is 325 g/mol. The lowest BCUT2D eigenvalue weighted by atomic mass is 9.86. The second-order valence-electron chi connectivity index (χ2n) is 7.62. The summed E-state index contributed by atoms with van der Waals surface area (Å²) < 4.78 is 19.1. The zero-order valence-electron chi connectivity index (χ0n) is 17.0. The van der Waals surface area contributed by atoms with Gasteiger partial charge in [-0.1, -0.05) is 51.5 Å². The highest BCUT2D eigenvalue weighted by molar-refractivity contribution is 5.80. The van der Waals surface area contributed by atoms with Gasteiger partial charge in [0.15, 0.2) is 0 Å². The van der Waals surface area contributed by atoms with Crippen LogP contribution in [0.15, 0.2) is 29.8 Å². The molecule has 0 aliphatic rings. The summed E-state index contributed by atoms with van der Waals surface area (Å²) in [7, 11) is 1.70. The molecule has 0 unspecified atom stereocenters. The van der Waals surface area contributed by atoms with E-state index in [2.05, 4.69) is 47.6 Å². The molecule has 1 aromatic carbocycles. The molecule has 0 aliphatic heterocycles. The molecule has 0 bridgehead atoms. The highest BCUT2D eigenvalue weighted by atomic mass is 19.1. The number of nitrogens with zero attached hydrogens (tertiary/aromatic N) is 1. The van der Waals surface area contributed by atoms with Crippen molar-refractivity contribution in [2.24, 2.45) is 0 Å². The number of hydrogen-bond donors (Lipinski definition) is 0. The number of ether oxygens (including phenoxy) is 1. The summed E-state index contributed by atoms with van der Waals surface area (Å²) in [5, 5.41) is 0. The Kier molecular flexibility index (Phi) is 6.71. The van der Waals surface area contributed by atoms with Gasteiger partial charge in [-0.2, -0.15) is 0 Å². The van der Waals surface area contributed by atoms with Crippen LogP contribution in [0.2, 0.25) is 0 Å². The van der Waals surface area contributed by atoms with Gasteiger partial charge in [-0.3, -0.25) is 4.98 Å². The largest absolute Gasteiger partial charge is 0.380 e. The standard InChI is InChI=1S/C23H30FNO/c1-14(2)12-19-21(17-8-10-18(24)11-9-17)20(13-26-7)23(16(5)6)25-22(19)15(3)4/h8-12,15-16H,13H2,1-7H3. The van der Waals surface area contributed by atoms with E-state index >= 15 is 0 Å². The van der Waals surface area contributed by atoms with Gasteiger partial charge in [0.2, 0.25) is 0 Å². The van der Waals surface area contributed by atoms with Crippen molar-refractivity contribution >= 4 is 6.08 Å². The molecule has 1 aromatic heterocycles. The number of halogens is 1. The lowest BCUT2D eigenvalue weighted by Crippen LogP contribution is -2.11. The van der Waals surface area contributed by atoms with Gasteiger partial charge in [-0.25, -0.2) is 4.39 Å². The Morgan fingerprint density at radius 2 is 1.62 bits per heavy atom. The third-order valence-corrected chi connectivity index (χ3v) is 4.35. The van der Waals surface area contributed by atoms with Crippen LogP contribution in [0.3, 0.4) is 0 Å². The van der Waals surface area contributed by atoms with E-state index < -0.39 is 0 Å². The molecule has 0 saturated heterocycles. The smallest absolute Gasteiger partial charge is 0.123 e. The lowest BCUT2D eigenvalue weighted by Gasteiger charge is -2.23. The fourth-order valence-electron chi connectivity index (χ4n) is 3.27. The Morgan fingerprint density at radius 3 is 2.08 bits per heavy atom. The van der Waals surface area contributed by atoms with Crippen molar-refractivity contribution < 1.29 is 9.13 Å². The Morgan fingerprint density at radius 1 is 1.04 bits per heavy atom. The average Bonchev–Trinajstić information content (AvgIpc) is 2.55. The molecule has 0 atom stereocenters. The highest BCUT2D eigenvalue weighted by Gasteiger charge is 2.22. The molecule has 2 aromatic rings. The first-order valence-electron chi connectivity index (χ1n) is 9.22. The molecule has 1 heterocycles. The van der Waals surface area contributed by atoms with Crippen molar-refractivity contribution in [2.45, 2.75) is 60.0 Å². The maximum absolute atomic E-state index is 13.5. The molecule has 0 spiro atoms. The van der Waals surface area contributed by atoms with Crippen molar-refractivity contribution in [1.82, 2.24) is 4.98 Å². The number of aromatic nitrogens is 1. The number of hydrogen-bond acceptors (Lipinski definition) is 2. The Hall–Kier alpha value is -2.00. The van der Waals surface area contributed by atoms with E-state index in [9.17, 15) is 4.39 Å². The van der Waals surface area contributed by atoms with Crippen LogP contribution in [0.1, 0.15) is 75.9 Å². The molecule has 2 rings (SSSR count). The van der Waals surface area contributed by atoms with Gasteiger partial charge in [0.25, 0.3) is 0 Å². The zero-order chi connectivity index (χ0) is 19.4. The predicted molar refractivity (Wildman–Crippen MR) is 108 cm³/mol. The fraction of sp³-hybridized carbons (Fsp3) is 0.435. The van der Waals surface area contributed by atoms with Crippen molar-refractivity contribution in [1.29, 1.82) is 0 Å². The SMILES string of the molecule is COCc1c(C(C)C)nc(C(C)C)c(C=C(C)C)c1-c1ccc(F)cc1. The molecule has 3 heteroatoms. The maximum Gasteiger partial charge on any atom is 0.123 e. The van der Waals surface area contributed by atoms with Gasteiger partial charge in [-0.05, 0) is 48.9 Å². The number of rotatable bonds is 6. The topological polar surface area (TPSA) is 22.1 Å². The van der Waals surface area contributed by atoms with E-state index in [-0.39, 0.29) is 17.7 Å². The van der Waals surface area contributed by atoms with E-state index in [0.717, 1.165) is 33.6 Å². The predicted octanol–water partition coefficient (Wildman–Crippen LogP) is 6.70. The minimum atomic E-state index is -0.229. The third kappa shape index (κ3) is 4.39. The second-order valence-corrected chi connectivity index (χ2v) is 7.62. The minimum absolute atomic E-state index is 0.229. The van der Waals surface area contributed by atoms with E-state index in [1.807, 2.05) is 12.1 Å². The molecule has 0 radical (unpaired) electrons. The first kappa shape index (κ1) is 20.3. The molecule has 0 N–H and O–H groups in total. The zero-order valence-corrected chi connectivity index (χ0v) is 17.0. The highest BCUT2D eigenvalue weighted by Crippen LogP contribution is 2.38. The van der Waals surface area contributed by atoms with Crippen molar-refractivity contribution in [3.8, 4) is 11.1 Å². The molecule has 0 saturated carbocycles. The summed E-state index contributed by atoms with van der Waals surface area (Å²) in [5.41, 5.74) is 7.65. The first-order chi connectivity index (χ1) is 12.3. The van der Waals surface area contributed by atoms with Crippen LogP contribution >= 0.6 is 0 Å². The number of allylic oxidation sites excluding steroid dienone is 1. The number of methoxy groups -OCH3 is 1. The van der Waals surface area contributed by atoms with Crippen LogP contribution in [0.25, 0.3) is 17.2 Å². The molecule has 26 heavy (non-hydrogen) atoms. The van der Waals surface area contributed by atoms with Gasteiger partial charge in [0, 0.05) is 23.9 Å². The van der Waals surface area contributed by atoms with Gasteiger partial charge in [0.05, 0.1) is 12.3 Å². The second kappa shape index (κ2) is 8.59. The summed E-state index contributed by atoms with van der Waals surface area (Å²) in [6.45, 7) is 13.3. The molecule has 0 aliphatic carbocycles. The summed E-state index contributed by atoms with van der Waals surface area (Å²) in [4.78, 5) is 5.05. The van der Waals surface area contributed by atoms with Crippen LogP contribution in [-0.2, 0) is 11.3 Å². The fourth-order valence-corrected chi connectivity index (χ4v) is 3.27. The van der Waals surface area contributed by atoms with Gasteiger partial charge < -0.3 is 4.74 Å². The first-order valence-corrected chi connectivity index (χ1v) is 9.22. The monoisotopic (exact) mass is 355 g/mol. The summed E-state index contributed by atoms with van der Waals surface area (Å²) in [6, 6.07) is 6.73. The van der Waals surface area contributed by atoms with Crippen LogP contribution in [0, 0.1) is 5.82 Å². The summed E-state index contributed by atoms with van der Waals surface area (Å²) in [5.74, 6) is 0.333.